The van der Waals surface area contributed by atoms with Gasteiger partial charge in [-0.15, -0.1) is 0 Å². The Balaban J connectivity index is 1.76. The Morgan fingerprint density at radius 2 is 1.92 bits per heavy atom. The second-order valence-corrected chi connectivity index (χ2v) is 5.52. The van der Waals surface area contributed by atoms with Crippen LogP contribution in [0.3, 0.4) is 0 Å². The Hall–Kier alpha value is -3.04. The van der Waals surface area contributed by atoms with Gasteiger partial charge in [0.1, 0.15) is 12.2 Å². The van der Waals surface area contributed by atoms with Crippen molar-refractivity contribution in [3.05, 3.63) is 53.9 Å². The molecule has 6 nitrogen and oxygen atoms in total. The first-order chi connectivity index (χ1) is 12.3. The fourth-order valence-corrected chi connectivity index (χ4v) is 2.58. The molecule has 2 aromatic rings. The van der Waals surface area contributed by atoms with Crippen LogP contribution in [0.25, 0.3) is 0 Å². The average molecular weight is 368 g/mol. The van der Waals surface area contributed by atoms with E-state index < -0.39 is 29.5 Å². The molecule has 1 fully saturated rings. The Labute approximate surface area is 145 Å². The van der Waals surface area contributed by atoms with Gasteiger partial charge < -0.3 is 9.80 Å². The summed E-state index contributed by atoms with van der Waals surface area (Å²) in [4.78, 5) is 33.7. The van der Waals surface area contributed by atoms with Gasteiger partial charge in [-0.25, -0.2) is 4.39 Å². The maximum absolute atomic E-state index is 13.7. The fraction of sp³-hybridized carbons (Fsp3) is 0.250. The van der Waals surface area contributed by atoms with Crippen LogP contribution in [-0.2, 0) is 11.0 Å². The lowest BCUT2D eigenvalue weighted by Gasteiger charge is -2.34. The SMILES string of the molecule is O=C(c1ccncc1F)N1CCN(c2ccnc(C(F)(F)F)c2)C(=O)C1. The molecule has 0 aromatic carbocycles. The van der Waals surface area contributed by atoms with Crippen LogP contribution in [0.5, 0.6) is 0 Å². The zero-order valence-electron chi connectivity index (χ0n) is 13.2. The Bertz CT molecular complexity index is 856. The van der Waals surface area contributed by atoms with E-state index in [1.807, 2.05) is 0 Å². The molecule has 0 unspecified atom stereocenters. The summed E-state index contributed by atoms with van der Waals surface area (Å²) in [6, 6.07) is 3.26. The number of piperazine rings is 1. The van der Waals surface area contributed by atoms with Crippen molar-refractivity contribution in [2.45, 2.75) is 6.18 Å². The highest BCUT2D eigenvalue weighted by molar-refractivity contribution is 6.01. The van der Waals surface area contributed by atoms with Crippen LogP contribution in [0.2, 0.25) is 0 Å². The molecular formula is C16H12F4N4O2. The molecule has 0 bridgehead atoms. The molecule has 10 heteroatoms. The van der Waals surface area contributed by atoms with Crippen molar-refractivity contribution in [2.75, 3.05) is 24.5 Å². The summed E-state index contributed by atoms with van der Waals surface area (Å²) in [6.07, 6.45) is -1.52. The minimum absolute atomic E-state index is 0.0153. The van der Waals surface area contributed by atoms with Gasteiger partial charge in [-0.1, -0.05) is 0 Å². The number of hydrogen-bond acceptors (Lipinski definition) is 4. The average Bonchev–Trinajstić information content (AvgIpc) is 2.61. The highest BCUT2D eigenvalue weighted by Crippen LogP contribution is 2.30. The Morgan fingerprint density at radius 3 is 2.58 bits per heavy atom. The number of carbonyl (C=O) groups excluding carboxylic acids is 2. The summed E-state index contributed by atoms with van der Waals surface area (Å²) in [7, 11) is 0. The van der Waals surface area contributed by atoms with Crippen LogP contribution in [0.1, 0.15) is 16.1 Å². The van der Waals surface area contributed by atoms with E-state index in [2.05, 4.69) is 9.97 Å². The summed E-state index contributed by atoms with van der Waals surface area (Å²) in [5.74, 6) is -2.06. The van der Waals surface area contributed by atoms with Crippen LogP contribution in [-0.4, -0.2) is 46.3 Å². The Morgan fingerprint density at radius 1 is 1.15 bits per heavy atom. The number of anilines is 1. The third-order valence-corrected chi connectivity index (χ3v) is 3.86. The number of amides is 2. The normalized spacial score (nSPS) is 15.3. The van der Waals surface area contributed by atoms with Gasteiger partial charge in [-0.2, -0.15) is 13.2 Å². The van der Waals surface area contributed by atoms with Gasteiger partial charge in [0.15, 0.2) is 5.82 Å². The first-order valence-corrected chi connectivity index (χ1v) is 7.50. The summed E-state index contributed by atoms with van der Waals surface area (Å²) < 4.78 is 52.0. The van der Waals surface area contributed by atoms with E-state index >= 15 is 0 Å². The molecule has 0 saturated carbocycles. The maximum Gasteiger partial charge on any atom is 0.433 e. The fourth-order valence-electron chi connectivity index (χ4n) is 2.58. The smallest absolute Gasteiger partial charge is 0.327 e. The number of nitrogens with zero attached hydrogens (tertiary/aromatic N) is 4. The topological polar surface area (TPSA) is 66.4 Å². The zero-order valence-corrected chi connectivity index (χ0v) is 13.2. The van der Waals surface area contributed by atoms with E-state index in [-0.39, 0.29) is 30.9 Å². The predicted molar refractivity (Wildman–Crippen MR) is 81.7 cm³/mol. The van der Waals surface area contributed by atoms with E-state index in [9.17, 15) is 27.2 Å². The second-order valence-electron chi connectivity index (χ2n) is 5.52. The molecule has 3 rings (SSSR count). The van der Waals surface area contributed by atoms with Gasteiger partial charge in [0.05, 0.1) is 11.8 Å². The highest BCUT2D eigenvalue weighted by atomic mass is 19.4. The largest absolute Gasteiger partial charge is 0.433 e. The van der Waals surface area contributed by atoms with Crippen molar-refractivity contribution >= 4 is 17.5 Å². The minimum atomic E-state index is -4.63. The maximum atomic E-state index is 13.7. The first kappa shape index (κ1) is 17.8. The van der Waals surface area contributed by atoms with Crippen LogP contribution < -0.4 is 4.90 Å². The van der Waals surface area contributed by atoms with E-state index in [1.165, 1.54) is 18.3 Å². The summed E-state index contributed by atoms with van der Waals surface area (Å²) in [6.45, 7) is -0.334. The van der Waals surface area contributed by atoms with Crippen LogP contribution in [0, 0.1) is 5.82 Å². The van der Waals surface area contributed by atoms with Gasteiger partial charge in [0.2, 0.25) is 5.91 Å². The van der Waals surface area contributed by atoms with E-state index in [0.29, 0.717) is 0 Å². The quantitative estimate of drug-likeness (QED) is 0.762. The third-order valence-electron chi connectivity index (χ3n) is 3.86. The molecule has 0 atom stereocenters. The molecule has 2 amide bonds. The van der Waals surface area contributed by atoms with E-state index in [0.717, 1.165) is 28.3 Å². The van der Waals surface area contributed by atoms with Gasteiger partial charge >= 0.3 is 6.18 Å². The Kier molecular flexibility index (Phi) is 4.58. The van der Waals surface area contributed by atoms with Gasteiger partial charge in [-0.3, -0.25) is 19.6 Å². The second kappa shape index (κ2) is 6.70. The summed E-state index contributed by atoms with van der Waals surface area (Å²) in [5.41, 5.74) is -1.29. The monoisotopic (exact) mass is 368 g/mol. The number of rotatable bonds is 2. The van der Waals surface area contributed by atoms with Gasteiger partial charge in [-0.05, 0) is 18.2 Å². The van der Waals surface area contributed by atoms with Gasteiger partial charge in [0, 0.05) is 31.2 Å². The first-order valence-electron chi connectivity index (χ1n) is 7.50. The van der Waals surface area contributed by atoms with Crippen LogP contribution >= 0.6 is 0 Å². The number of pyridine rings is 2. The van der Waals surface area contributed by atoms with Crippen molar-refractivity contribution < 1.29 is 27.2 Å². The number of alkyl halides is 3. The molecule has 0 radical (unpaired) electrons. The van der Waals surface area contributed by atoms with Crippen molar-refractivity contribution in [3.63, 3.8) is 0 Å². The molecule has 0 spiro atoms. The molecule has 1 saturated heterocycles. The van der Waals surface area contributed by atoms with Crippen molar-refractivity contribution in [2.24, 2.45) is 0 Å². The van der Waals surface area contributed by atoms with Crippen LogP contribution in [0.15, 0.2) is 36.8 Å². The molecule has 136 valence electrons. The molecule has 3 heterocycles. The summed E-state index contributed by atoms with van der Waals surface area (Å²) in [5, 5.41) is 0. The summed E-state index contributed by atoms with van der Waals surface area (Å²) >= 11 is 0. The number of carbonyl (C=O) groups is 2. The lowest BCUT2D eigenvalue weighted by Crippen LogP contribution is -2.52. The number of halogens is 4. The number of aromatic nitrogens is 2. The highest BCUT2D eigenvalue weighted by Gasteiger charge is 2.34. The molecule has 1 aliphatic heterocycles. The number of hydrogen-bond donors (Lipinski definition) is 0. The van der Waals surface area contributed by atoms with Crippen molar-refractivity contribution in [1.82, 2.24) is 14.9 Å². The predicted octanol–water partition coefficient (Wildman–Crippen LogP) is 2.12. The lowest BCUT2D eigenvalue weighted by molar-refractivity contribution is -0.141. The molecule has 0 aliphatic carbocycles. The molecule has 2 aromatic heterocycles. The minimum Gasteiger partial charge on any atom is -0.327 e. The van der Waals surface area contributed by atoms with Gasteiger partial charge in [0.25, 0.3) is 5.91 Å². The zero-order chi connectivity index (χ0) is 18.9. The van der Waals surface area contributed by atoms with Crippen molar-refractivity contribution in [3.8, 4) is 0 Å². The standard InChI is InChI=1S/C16H12F4N4O2/c17-12-8-21-3-2-11(12)15(26)23-5-6-24(14(25)9-23)10-1-4-22-13(7-10)16(18,19)20/h1-4,7-8H,5-6,9H2. The van der Waals surface area contributed by atoms with E-state index in [4.69, 9.17) is 0 Å². The molecule has 0 N–H and O–H groups in total. The molecular weight excluding hydrogens is 356 g/mol. The molecule has 1 aliphatic rings. The molecule has 26 heavy (non-hydrogen) atoms. The lowest BCUT2D eigenvalue weighted by atomic mass is 10.2. The van der Waals surface area contributed by atoms with Crippen LogP contribution in [0.4, 0.5) is 23.2 Å². The third kappa shape index (κ3) is 3.48. The van der Waals surface area contributed by atoms with E-state index in [1.54, 1.807) is 0 Å². The van der Waals surface area contributed by atoms with Crippen molar-refractivity contribution in [1.29, 1.82) is 0 Å².